The second kappa shape index (κ2) is 14.2. The molecule has 40 heavy (non-hydrogen) atoms. The minimum absolute atomic E-state index is 0.261. The summed E-state index contributed by atoms with van der Waals surface area (Å²) in [6.07, 6.45) is 0.335. The minimum Gasteiger partial charge on any atom is -0.481 e. The Labute approximate surface area is 234 Å². The van der Waals surface area contributed by atoms with E-state index >= 15 is 0 Å². The van der Waals surface area contributed by atoms with Crippen molar-refractivity contribution < 1.29 is 39.6 Å². The minimum atomic E-state index is -2.74. The van der Waals surface area contributed by atoms with Crippen molar-refractivity contribution in [3.05, 3.63) is 35.0 Å². The fourth-order valence-electron chi connectivity index (χ4n) is 4.82. The summed E-state index contributed by atoms with van der Waals surface area (Å²) in [5, 5.41) is 35.0. The first-order chi connectivity index (χ1) is 18.6. The summed E-state index contributed by atoms with van der Waals surface area (Å²) in [5.74, 6) is -4.76. The summed E-state index contributed by atoms with van der Waals surface area (Å²) in [4.78, 5) is 54.0. The molecule has 2 heterocycles. The number of amides is 1. The first-order valence-electron chi connectivity index (χ1n) is 13.2. The topological polar surface area (TPSA) is 175 Å². The number of H-pyrrole nitrogens is 1. The van der Waals surface area contributed by atoms with Gasteiger partial charge in [0.2, 0.25) is 5.91 Å². The molecular weight excluding hydrogens is 520 g/mol. The van der Waals surface area contributed by atoms with E-state index < -0.39 is 36.4 Å². The zero-order valence-electron chi connectivity index (χ0n) is 23.9. The van der Waals surface area contributed by atoms with Crippen molar-refractivity contribution in [1.29, 1.82) is 0 Å². The highest BCUT2D eigenvalue weighted by Crippen LogP contribution is 2.25. The van der Waals surface area contributed by atoms with Crippen molar-refractivity contribution in [2.45, 2.75) is 57.6 Å². The molecule has 0 saturated carbocycles. The maximum absolute atomic E-state index is 13.4. The highest BCUT2D eigenvalue weighted by molar-refractivity contribution is 5.91. The molecule has 3 rings (SSSR count). The van der Waals surface area contributed by atoms with Gasteiger partial charge in [0.15, 0.2) is 5.60 Å². The second-order valence-corrected chi connectivity index (χ2v) is 10.9. The van der Waals surface area contributed by atoms with E-state index in [1.165, 1.54) is 10.9 Å². The highest BCUT2D eigenvalue weighted by Gasteiger charge is 2.40. The predicted molar refractivity (Wildman–Crippen MR) is 149 cm³/mol. The lowest BCUT2D eigenvalue weighted by molar-refractivity contribution is -0.170. The smallest absolute Gasteiger partial charge is 0.336 e. The number of carboxylic acids is 3. The molecule has 0 aliphatic carbocycles. The predicted octanol–water partition coefficient (Wildman–Crippen LogP) is 1.56. The van der Waals surface area contributed by atoms with Crippen LogP contribution in [0.2, 0.25) is 0 Å². The standard InChI is InChI=1S/C22H34N4O.C6H8O7/c1-16-6-7-21-20(14-16)19(17(2)23-21)15-22(27)26(13-12-24(3)4)18-8-10-25(5)11-9-18;7-3(8)1-6(13,5(11)12)2-4(9)10/h6-7,14,18,23H,8-13,15H2,1-5H3;13H,1-2H2,(H,7,8)(H,9,10)(H,11,12). The number of likely N-dealkylation sites (tertiary alicyclic amines) is 1. The van der Waals surface area contributed by atoms with Gasteiger partial charge in [-0.3, -0.25) is 14.4 Å². The summed E-state index contributed by atoms with van der Waals surface area (Å²) in [6.45, 7) is 8.04. The maximum Gasteiger partial charge on any atom is 0.336 e. The van der Waals surface area contributed by atoms with Crippen LogP contribution in [-0.2, 0) is 25.6 Å². The number of nitrogens with one attached hydrogen (secondary N) is 1. The van der Waals surface area contributed by atoms with Crippen LogP contribution in [0.5, 0.6) is 0 Å². The Balaban J connectivity index is 0.000000366. The summed E-state index contributed by atoms with van der Waals surface area (Å²) in [6, 6.07) is 6.79. The fourth-order valence-corrected chi connectivity index (χ4v) is 4.82. The Morgan fingerprint density at radius 2 is 1.57 bits per heavy atom. The van der Waals surface area contributed by atoms with Crippen LogP contribution in [0.25, 0.3) is 10.9 Å². The molecule has 1 aromatic carbocycles. The molecule has 12 nitrogen and oxygen atoms in total. The first-order valence-corrected chi connectivity index (χ1v) is 13.2. The quantitative estimate of drug-likeness (QED) is 0.270. The Hall–Kier alpha value is -3.48. The lowest BCUT2D eigenvalue weighted by Crippen LogP contribution is -2.49. The van der Waals surface area contributed by atoms with Gasteiger partial charge >= 0.3 is 17.9 Å². The third kappa shape index (κ3) is 9.32. The molecule has 1 fully saturated rings. The fraction of sp³-hybridized carbons (Fsp3) is 0.571. The lowest BCUT2D eigenvalue weighted by Gasteiger charge is -2.38. The number of aliphatic hydroxyl groups is 1. The number of carbonyl (C=O) groups is 4. The number of aromatic amines is 1. The zero-order valence-corrected chi connectivity index (χ0v) is 23.9. The van der Waals surface area contributed by atoms with Gasteiger partial charge in [0.25, 0.3) is 0 Å². The number of nitrogens with zero attached hydrogens (tertiary/aromatic N) is 3. The normalized spacial score (nSPS) is 14.6. The van der Waals surface area contributed by atoms with Crippen LogP contribution in [0, 0.1) is 13.8 Å². The van der Waals surface area contributed by atoms with Gasteiger partial charge in [-0.15, -0.1) is 0 Å². The van der Waals surface area contributed by atoms with Gasteiger partial charge in [0.05, 0.1) is 19.3 Å². The van der Waals surface area contributed by atoms with Gasteiger partial charge < -0.3 is 40.1 Å². The van der Waals surface area contributed by atoms with Crippen LogP contribution in [0.15, 0.2) is 18.2 Å². The van der Waals surface area contributed by atoms with Gasteiger partial charge in [-0.2, -0.15) is 0 Å². The summed E-state index contributed by atoms with van der Waals surface area (Å²) < 4.78 is 0. The molecule has 1 aliphatic heterocycles. The van der Waals surface area contributed by atoms with E-state index in [2.05, 4.69) is 72.9 Å². The zero-order chi connectivity index (χ0) is 30.2. The SMILES string of the molecule is Cc1ccc2[nH]c(C)c(CC(=O)N(CCN(C)C)C3CCN(C)CC3)c2c1.O=C(O)CC(O)(CC(=O)O)C(=O)O. The molecule has 0 spiro atoms. The van der Waals surface area contributed by atoms with E-state index in [-0.39, 0.29) is 5.91 Å². The largest absolute Gasteiger partial charge is 0.481 e. The van der Waals surface area contributed by atoms with Gasteiger partial charge in [0, 0.05) is 35.7 Å². The van der Waals surface area contributed by atoms with E-state index in [1.54, 1.807) is 0 Å². The van der Waals surface area contributed by atoms with Gasteiger partial charge in [-0.05, 0) is 78.6 Å². The Kier molecular flexibility index (Phi) is 11.7. The maximum atomic E-state index is 13.4. The molecule has 1 aliphatic rings. The average Bonchev–Trinajstić information content (AvgIpc) is 3.13. The Bertz CT molecular complexity index is 1180. The van der Waals surface area contributed by atoms with E-state index in [9.17, 15) is 19.2 Å². The molecule has 0 unspecified atom stereocenters. The van der Waals surface area contributed by atoms with Crippen LogP contribution < -0.4 is 0 Å². The van der Waals surface area contributed by atoms with Crippen molar-refractivity contribution in [3.8, 4) is 0 Å². The monoisotopic (exact) mass is 562 g/mol. The molecule has 2 aromatic rings. The van der Waals surface area contributed by atoms with Gasteiger partial charge in [-0.1, -0.05) is 11.6 Å². The third-order valence-corrected chi connectivity index (χ3v) is 7.13. The number of hydrogen-bond acceptors (Lipinski definition) is 7. The highest BCUT2D eigenvalue weighted by atomic mass is 16.4. The molecule has 1 aromatic heterocycles. The number of likely N-dealkylation sites (N-methyl/N-ethyl adjacent to an activating group) is 1. The van der Waals surface area contributed by atoms with Crippen LogP contribution in [0.4, 0.5) is 0 Å². The summed E-state index contributed by atoms with van der Waals surface area (Å²) in [5.41, 5.74) is 1.88. The van der Waals surface area contributed by atoms with Crippen molar-refractivity contribution in [2.24, 2.45) is 0 Å². The molecule has 5 N–H and O–H groups in total. The molecule has 1 amide bonds. The number of aromatic nitrogens is 1. The van der Waals surface area contributed by atoms with Crippen molar-refractivity contribution in [1.82, 2.24) is 19.7 Å². The molecular formula is C28H42N4O8. The number of piperidine rings is 1. The van der Waals surface area contributed by atoms with Crippen molar-refractivity contribution >= 4 is 34.7 Å². The van der Waals surface area contributed by atoms with E-state index in [0.29, 0.717) is 12.5 Å². The molecule has 222 valence electrons. The van der Waals surface area contributed by atoms with E-state index in [4.69, 9.17) is 20.4 Å². The molecule has 0 bridgehead atoms. The Morgan fingerprint density at radius 3 is 2.08 bits per heavy atom. The van der Waals surface area contributed by atoms with E-state index in [1.807, 2.05) is 0 Å². The molecule has 12 heteroatoms. The van der Waals surface area contributed by atoms with Gasteiger partial charge in [-0.25, -0.2) is 4.79 Å². The molecule has 0 atom stereocenters. The van der Waals surface area contributed by atoms with Crippen LogP contribution in [-0.4, -0.2) is 123 Å². The molecule has 1 saturated heterocycles. The number of aryl methyl sites for hydroxylation is 2. The van der Waals surface area contributed by atoms with Gasteiger partial charge in [0.1, 0.15) is 0 Å². The second-order valence-electron chi connectivity index (χ2n) is 10.9. The third-order valence-electron chi connectivity index (χ3n) is 7.13. The number of aliphatic carboxylic acids is 3. The lowest BCUT2D eigenvalue weighted by atomic mass is 9.96. The number of rotatable bonds is 11. The van der Waals surface area contributed by atoms with Crippen molar-refractivity contribution in [3.63, 3.8) is 0 Å². The summed E-state index contributed by atoms with van der Waals surface area (Å²) in [7, 11) is 6.31. The van der Waals surface area contributed by atoms with E-state index in [0.717, 1.165) is 55.8 Å². The average molecular weight is 563 g/mol. The Morgan fingerprint density at radius 1 is 1.00 bits per heavy atom. The molecule has 0 radical (unpaired) electrons. The number of carboxylic acid groups (broad SMARTS) is 3. The van der Waals surface area contributed by atoms with Crippen molar-refractivity contribution in [2.75, 3.05) is 47.3 Å². The first kappa shape index (κ1) is 32.7. The number of benzene rings is 1. The number of fused-ring (bicyclic) bond motifs is 1. The van der Waals surface area contributed by atoms with Crippen LogP contribution in [0.3, 0.4) is 0 Å². The summed E-state index contributed by atoms with van der Waals surface area (Å²) >= 11 is 0. The number of hydrogen-bond donors (Lipinski definition) is 5. The van der Waals surface area contributed by atoms with Crippen LogP contribution >= 0.6 is 0 Å². The number of carbonyl (C=O) groups excluding carboxylic acids is 1. The van der Waals surface area contributed by atoms with Crippen LogP contribution in [0.1, 0.15) is 42.5 Å².